The molecule has 0 amide bonds. The fourth-order valence-electron chi connectivity index (χ4n) is 2.60. The summed E-state index contributed by atoms with van der Waals surface area (Å²) in [6, 6.07) is 8.57. The lowest BCUT2D eigenvalue weighted by Crippen LogP contribution is -2.36. The Morgan fingerprint density at radius 1 is 1.26 bits per heavy atom. The number of aromatic nitrogens is 1. The van der Waals surface area contributed by atoms with Gasteiger partial charge in [-0.05, 0) is 24.6 Å². The van der Waals surface area contributed by atoms with Crippen molar-refractivity contribution in [3.8, 4) is 0 Å². The molecule has 0 unspecified atom stereocenters. The van der Waals surface area contributed by atoms with Crippen LogP contribution in [0.15, 0.2) is 24.3 Å². The fraction of sp³-hybridized carbons (Fsp3) is 0.400. The van der Waals surface area contributed by atoms with Crippen LogP contribution in [-0.4, -0.2) is 38.3 Å². The van der Waals surface area contributed by atoms with E-state index in [-0.39, 0.29) is 0 Å². The first-order chi connectivity index (χ1) is 9.29. The highest BCUT2D eigenvalue weighted by atomic mass is 16.5. The molecule has 1 fully saturated rings. The maximum atomic E-state index is 5.42. The van der Waals surface area contributed by atoms with Crippen LogP contribution >= 0.6 is 0 Å². The van der Waals surface area contributed by atoms with Crippen LogP contribution in [0.3, 0.4) is 0 Å². The molecular weight excluding hydrogens is 238 g/mol. The molecule has 0 spiro atoms. The minimum absolute atomic E-state index is 0.793. The van der Waals surface area contributed by atoms with Gasteiger partial charge < -0.3 is 15.0 Å². The first-order valence-electron chi connectivity index (χ1n) is 6.70. The molecule has 3 rings (SSSR count). The summed E-state index contributed by atoms with van der Waals surface area (Å²) in [4.78, 5) is 7.13. The number of hydrogen-bond donors (Lipinski definition) is 1. The number of benzene rings is 1. The Morgan fingerprint density at radius 3 is 2.79 bits per heavy atom. The average molecular weight is 257 g/mol. The molecule has 1 aromatic carbocycles. The first kappa shape index (κ1) is 12.2. The molecule has 0 bridgehead atoms. The molecule has 100 valence electrons. The monoisotopic (exact) mass is 257 g/mol. The van der Waals surface area contributed by atoms with E-state index in [0.29, 0.717) is 0 Å². The fourth-order valence-corrected chi connectivity index (χ4v) is 2.60. The topological polar surface area (TPSA) is 37.4 Å². The number of aryl methyl sites for hydroxylation is 1. The molecule has 1 saturated heterocycles. The molecule has 1 aliphatic heterocycles. The van der Waals surface area contributed by atoms with E-state index < -0.39 is 0 Å². The molecule has 2 aromatic rings. The Kier molecular flexibility index (Phi) is 3.25. The number of nitrogens with one attached hydrogen (secondary N) is 1. The SMILES string of the molecule is CNc1nc2c(N3CCOCC3)cccc2cc1C. The summed E-state index contributed by atoms with van der Waals surface area (Å²) in [5, 5.41) is 4.36. The van der Waals surface area contributed by atoms with Crippen LogP contribution in [0.25, 0.3) is 10.9 Å². The zero-order valence-corrected chi connectivity index (χ0v) is 11.4. The zero-order chi connectivity index (χ0) is 13.2. The summed E-state index contributed by atoms with van der Waals surface area (Å²) in [6.45, 7) is 5.54. The van der Waals surface area contributed by atoms with Crippen LogP contribution in [0, 0.1) is 6.92 Å². The van der Waals surface area contributed by atoms with Gasteiger partial charge in [0.25, 0.3) is 0 Å². The molecule has 0 atom stereocenters. The van der Waals surface area contributed by atoms with Crippen molar-refractivity contribution in [2.24, 2.45) is 0 Å². The van der Waals surface area contributed by atoms with E-state index in [0.717, 1.165) is 37.6 Å². The number of ether oxygens (including phenoxy) is 1. The average Bonchev–Trinajstić information content (AvgIpc) is 2.46. The Labute approximate surface area is 113 Å². The third-order valence-corrected chi connectivity index (χ3v) is 3.60. The summed E-state index contributed by atoms with van der Waals surface area (Å²) in [5.74, 6) is 0.952. The van der Waals surface area contributed by atoms with Gasteiger partial charge in [0.1, 0.15) is 5.82 Å². The molecular formula is C15H19N3O. The zero-order valence-electron chi connectivity index (χ0n) is 11.4. The van der Waals surface area contributed by atoms with Gasteiger partial charge in [-0.15, -0.1) is 0 Å². The van der Waals surface area contributed by atoms with Gasteiger partial charge in [0.05, 0.1) is 24.4 Å². The van der Waals surface area contributed by atoms with Gasteiger partial charge >= 0.3 is 0 Å². The number of para-hydroxylation sites is 1. The first-order valence-corrected chi connectivity index (χ1v) is 6.70. The number of rotatable bonds is 2. The highest BCUT2D eigenvalue weighted by Gasteiger charge is 2.15. The van der Waals surface area contributed by atoms with Crippen LogP contribution < -0.4 is 10.2 Å². The van der Waals surface area contributed by atoms with Crippen LogP contribution in [0.2, 0.25) is 0 Å². The lowest BCUT2D eigenvalue weighted by Gasteiger charge is -2.29. The van der Waals surface area contributed by atoms with Gasteiger partial charge in [0.2, 0.25) is 0 Å². The number of pyridine rings is 1. The smallest absolute Gasteiger partial charge is 0.129 e. The minimum atomic E-state index is 0.793. The second kappa shape index (κ2) is 5.05. The molecule has 1 aromatic heterocycles. The van der Waals surface area contributed by atoms with Crippen molar-refractivity contribution < 1.29 is 4.74 Å². The van der Waals surface area contributed by atoms with Crippen molar-refractivity contribution in [2.45, 2.75) is 6.92 Å². The van der Waals surface area contributed by atoms with E-state index in [1.54, 1.807) is 0 Å². The summed E-state index contributed by atoms with van der Waals surface area (Å²) in [5.41, 5.74) is 3.45. The summed E-state index contributed by atoms with van der Waals surface area (Å²) in [6.07, 6.45) is 0. The minimum Gasteiger partial charge on any atom is -0.378 e. The predicted molar refractivity (Wildman–Crippen MR) is 79.1 cm³/mol. The van der Waals surface area contributed by atoms with E-state index in [1.165, 1.54) is 16.6 Å². The summed E-state index contributed by atoms with van der Waals surface area (Å²) >= 11 is 0. The van der Waals surface area contributed by atoms with Crippen molar-refractivity contribution in [1.29, 1.82) is 0 Å². The molecule has 4 nitrogen and oxygen atoms in total. The Bertz CT molecular complexity index is 591. The van der Waals surface area contributed by atoms with Crippen LogP contribution in [0.1, 0.15) is 5.56 Å². The number of morpholine rings is 1. The highest BCUT2D eigenvalue weighted by molar-refractivity contribution is 5.92. The van der Waals surface area contributed by atoms with Crippen LogP contribution in [-0.2, 0) is 4.74 Å². The standard InChI is InChI=1S/C15H19N3O/c1-11-10-12-4-3-5-13(14(12)17-15(11)16-2)18-6-8-19-9-7-18/h3-5,10H,6-9H2,1-2H3,(H,16,17). The van der Waals surface area contributed by atoms with E-state index >= 15 is 0 Å². The molecule has 4 heteroatoms. The third-order valence-electron chi connectivity index (χ3n) is 3.60. The molecule has 0 saturated carbocycles. The highest BCUT2D eigenvalue weighted by Crippen LogP contribution is 2.28. The lowest BCUT2D eigenvalue weighted by atomic mass is 10.1. The second-order valence-corrected chi connectivity index (χ2v) is 4.85. The molecule has 1 N–H and O–H groups in total. The number of hydrogen-bond acceptors (Lipinski definition) is 4. The molecule has 0 radical (unpaired) electrons. The Morgan fingerprint density at radius 2 is 2.05 bits per heavy atom. The van der Waals surface area contributed by atoms with Gasteiger partial charge in [-0.1, -0.05) is 12.1 Å². The normalized spacial score (nSPS) is 15.8. The Hall–Kier alpha value is -1.81. The van der Waals surface area contributed by atoms with Crippen LogP contribution in [0.4, 0.5) is 11.5 Å². The number of nitrogens with zero attached hydrogens (tertiary/aromatic N) is 2. The number of fused-ring (bicyclic) bond motifs is 1. The molecule has 1 aliphatic rings. The quantitative estimate of drug-likeness (QED) is 0.896. The second-order valence-electron chi connectivity index (χ2n) is 4.85. The van der Waals surface area contributed by atoms with Crippen molar-refractivity contribution in [3.05, 3.63) is 29.8 Å². The Balaban J connectivity index is 2.13. The van der Waals surface area contributed by atoms with E-state index in [2.05, 4.69) is 41.4 Å². The van der Waals surface area contributed by atoms with Crippen molar-refractivity contribution >= 4 is 22.4 Å². The van der Waals surface area contributed by atoms with E-state index in [4.69, 9.17) is 9.72 Å². The number of anilines is 2. The summed E-state index contributed by atoms with van der Waals surface area (Å²) < 4.78 is 5.42. The van der Waals surface area contributed by atoms with Gasteiger partial charge in [-0.25, -0.2) is 4.98 Å². The van der Waals surface area contributed by atoms with Crippen LogP contribution in [0.5, 0.6) is 0 Å². The molecule has 19 heavy (non-hydrogen) atoms. The van der Waals surface area contributed by atoms with E-state index in [1.807, 2.05) is 7.05 Å². The van der Waals surface area contributed by atoms with Gasteiger partial charge in [-0.2, -0.15) is 0 Å². The molecule has 2 heterocycles. The maximum absolute atomic E-state index is 5.42. The lowest BCUT2D eigenvalue weighted by molar-refractivity contribution is 0.123. The molecule has 0 aliphatic carbocycles. The van der Waals surface area contributed by atoms with Crippen molar-refractivity contribution in [3.63, 3.8) is 0 Å². The predicted octanol–water partition coefficient (Wildman–Crippen LogP) is 2.42. The maximum Gasteiger partial charge on any atom is 0.129 e. The largest absolute Gasteiger partial charge is 0.378 e. The van der Waals surface area contributed by atoms with Crippen molar-refractivity contribution in [2.75, 3.05) is 43.6 Å². The third kappa shape index (κ3) is 2.24. The summed E-state index contributed by atoms with van der Waals surface area (Å²) in [7, 11) is 1.92. The van der Waals surface area contributed by atoms with Crippen molar-refractivity contribution in [1.82, 2.24) is 4.98 Å². The van der Waals surface area contributed by atoms with Gasteiger partial charge in [-0.3, -0.25) is 0 Å². The van der Waals surface area contributed by atoms with Gasteiger partial charge in [0.15, 0.2) is 0 Å². The van der Waals surface area contributed by atoms with E-state index in [9.17, 15) is 0 Å². The van der Waals surface area contributed by atoms with Gasteiger partial charge in [0, 0.05) is 25.5 Å².